The molecule has 202 valence electrons. The molecule has 2 aliphatic rings. The third kappa shape index (κ3) is 4.54. The smallest absolute Gasteiger partial charge is 0.414 e. The van der Waals surface area contributed by atoms with Gasteiger partial charge < -0.3 is 19.1 Å². The highest BCUT2D eigenvalue weighted by atomic mass is 35.5. The van der Waals surface area contributed by atoms with Crippen molar-refractivity contribution in [1.29, 1.82) is 0 Å². The van der Waals surface area contributed by atoms with Crippen LogP contribution < -0.4 is 9.64 Å². The number of ether oxygens (including phenoxy) is 2. The highest BCUT2D eigenvalue weighted by Gasteiger charge is 2.35. The number of ketones is 1. The number of halogens is 1. The van der Waals surface area contributed by atoms with Gasteiger partial charge in [0.1, 0.15) is 23.5 Å². The van der Waals surface area contributed by atoms with E-state index in [0.717, 1.165) is 54.4 Å². The molecule has 1 saturated carbocycles. The van der Waals surface area contributed by atoms with Gasteiger partial charge in [-0.1, -0.05) is 18.0 Å². The molecule has 5 rings (SSSR count). The zero-order chi connectivity index (χ0) is 27.1. The van der Waals surface area contributed by atoms with Crippen molar-refractivity contribution in [3.05, 3.63) is 52.3 Å². The summed E-state index contributed by atoms with van der Waals surface area (Å²) >= 11 is 6.31. The van der Waals surface area contributed by atoms with Crippen molar-refractivity contribution in [3.8, 4) is 5.75 Å². The van der Waals surface area contributed by atoms with Gasteiger partial charge in [-0.25, -0.2) is 9.78 Å². The minimum Gasteiger partial charge on any atom is -0.496 e. The fourth-order valence-electron chi connectivity index (χ4n) is 6.20. The number of hydrogen-bond donors (Lipinski definition) is 1. The highest BCUT2D eigenvalue weighted by Crippen LogP contribution is 2.43. The van der Waals surface area contributed by atoms with Gasteiger partial charge in [-0.2, -0.15) is 0 Å². The Balaban J connectivity index is 1.72. The summed E-state index contributed by atoms with van der Waals surface area (Å²) in [5.74, 6) is 1.16. The zero-order valence-corrected chi connectivity index (χ0v) is 23.0. The molecule has 0 unspecified atom stereocenters. The first-order valence-corrected chi connectivity index (χ1v) is 13.6. The normalized spacial score (nSPS) is 22.2. The van der Waals surface area contributed by atoms with Crippen LogP contribution in [0.3, 0.4) is 0 Å². The predicted octanol–water partition coefficient (Wildman–Crippen LogP) is 6.01. The van der Waals surface area contributed by atoms with Crippen LogP contribution in [0.15, 0.2) is 30.3 Å². The fraction of sp³-hybridized carbons (Fsp3) is 0.483. The van der Waals surface area contributed by atoms with Crippen LogP contribution in [0.1, 0.15) is 75.0 Å². The molecule has 2 aromatic carbocycles. The molecule has 1 aliphatic heterocycles. The molecule has 4 atom stereocenters. The van der Waals surface area contributed by atoms with Crippen LogP contribution in [0.5, 0.6) is 5.75 Å². The van der Waals surface area contributed by atoms with Crippen LogP contribution in [-0.2, 0) is 16.0 Å². The van der Waals surface area contributed by atoms with Crippen LogP contribution >= 0.6 is 11.6 Å². The molecule has 1 amide bonds. The first-order valence-electron chi connectivity index (χ1n) is 13.2. The number of hydrogen-bond acceptors (Lipinski definition) is 6. The van der Waals surface area contributed by atoms with Gasteiger partial charge in [0, 0.05) is 34.2 Å². The monoisotopic (exact) mass is 539 g/mol. The Morgan fingerprint density at radius 1 is 1.16 bits per heavy atom. The van der Waals surface area contributed by atoms with Crippen LogP contribution in [-0.4, -0.2) is 46.8 Å². The van der Waals surface area contributed by atoms with E-state index in [0.29, 0.717) is 28.6 Å². The van der Waals surface area contributed by atoms with Crippen LogP contribution in [0, 0.1) is 5.92 Å². The maximum absolute atomic E-state index is 12.7. The minimum atomic E-state index is -1.11. The maximum Gasteiger partial charge on any atom is 0.414 e. The Morgan fingerprint density at radius 3 is 2.66 bits per heavy atom. The van der Waals surface area contributed by atoms with E-state index in [1.165, 1.54) is 7.11 Å². The number of aromatic nitrogens is 2. The van der Waals surface area contributed by atoms with E-state index >= 15 is 0 Å². The Morgan fingerprint density at radius 2 is 1.95 bits per heavy atom. The number of aliphatic hydroxyl groups excluding tert-OH is 1. The number of aliphatic hydroxyl groups is 1. The second-order valence-corrected chi connectivity index (χ2v) is 10.9. The lowest BCUT2D eigenvalue weighted by Crippen LogP contribution is -2.42. The van der Waals surface area contributed by atoms with Gasteiger partial charge in [-0.15, -0.1) is 0 Å². The average Bonchev–Trinajstić information content (AvgIpc) is 3.32. The first-order chi connectivity index (χ1) is 18.2. The van der Waals surface area contributed by atoms with Crippen LogP contribution in [0.25, 0.3) is 11.0 Å². The molecular formula is C29H34ClN3O5. The van der Waals surface area contributed by atoms with E-state index in [2.05, 4.69) is 4.57 Å². The number of nitrogens with zero attached hydrogens (tertiary/aromatic N) is 3. The van der Waals surface area contributed by atoms with E-state index in [9.17, 15) is 14.7 Å². The lowest BCUT2D eigenvalue weighted by molar-refractivity contribution is -0.122. The number of amides is 1. The maximum atomic E-state index is 12.7. The SMILES string of the molecule is COC(=O)N1c2ccc3c(nc([C@@H](O)c4cc(Cl)ccc4OC)n3[C@@H]3CCC[C@@H](C(C)=O)C3)c2CC[C@@H]1C. The van der Waals surface area contributed by atoms with E-state index < -0.39 is 12.2 Å². The van der Waals surface area contributed by atoms with Gasteiger partial charge in [0.15, 0.2) is 0 Å². The number of fused-ring (bicyclic) bond motifs is 3. The minimum absolute atomic E-state index is 0.00486. The molecule has 1 fully saturated rings. The van der Waals surface area contributed by atoms with Crippen molar-refractivity contribution >= 4 is 40.2 Å². The van der Waals surface area contributed by atoms with Gasteiger partial charge in [-0.3, -0.25) is 9.69 Å². The Hall–Kier alpha value is -3.10. The van der Waals surface area contributed by atoms with E-state index in [4.69, 9.17) is 26.1 Å². The summed E-state index contributed by atoms with van der Waals surface area (Å²) in [5, 5.41) is 12.3. The van der Waals surface area contributed by atoms with Gasteiger partial charge in [0.25, 0.3) is 0 Å². The number of aryl methyl sites for hydroxylation is 1. The number of methoxy groups -OCH3 is 2. The fourth-order valence-corrected chi connectivity index (χ4v) is 6.38. The number of imidazole rings is 1. The van der Waals surface area contributed by atoms with Gasteiger partial charge in [-0.05, 0) is 76.3 Å². The van der Waals surface area contributed by atoms with Crippen molar-refractivity contribution in [3.63, 3.8) is 0 Å². The molecule has 8 nitrogen and oxygen atoms in total. The standard InChI is InChI=1S/C29H34ClN3O5/c1-16-8-10-21-23(32(16)29(36)38-4)11-12-24-26(21)31-28(27(35)22-15-19(30)9-13-25(22)37-3)33(24)20-7-5-6-18(14-20)17(2)34/h9,11-13,15-16,18,20,27,35H,5-8,10,14H2,1-4H3/t16-,18+,20+,27-/m0/s1. The van der Waals surface area contributed by atoms with Crippen molar-refractivity contribution in [1.82, 2.24) is 9.55 Å². The lowest BCUT2D eigenvalue weighted by atomic mass is 9.83. The molecule has 3 aromatic rings. The Kier molecular flexibility index (Phi) is 7.38. The predicted molar refractivity (Wildman–Crippen MR) is 146 cm³/mol. The molecule has 1 aromatic heterocycles. The molecule has 0 saturated heterocycles. The van der Waals surface area contributed by atoms with Gasteiger partial charge >= 0.3 is 6.09 Å². The highest BCUT2D eigenvalue weighted by molar-refractivity contribution is 6.30. The quantitative estimate of drug-likeness (QED) is 0.427. The number of carbonyl (C=O) groups excluding carboxylic acids is 2. The molecular weight excluding hydrogens is 506 g/mol. The molecule has 38 heavy (non-hydrogen) atoms. The third-order valence-corrected chi connectivity index (χ3v) is 8.41. The van der Waals surface area contributed by atoms with E-state index in [1.54, 1.807) is 37.1 Å². The molecule has 1 N–H and O–H groups in total. The Bertz CT molecular complexity index is 1390. The number of Topliss-reactive ketones (excluding diaryl/α,β-unsaturated/α-hetero) is 1. The number of rotatable bonds is 5. The largest absolute Gasteiger partial charge is 0.496 e. The summed E-state index contributed by atoms with van der Waals surface area (Å²) in [5.41, 5.74) is 3.89. The summed E-state index contributed by atoms with van der Waals surface area (Å²) in [7, 11) is 2.94. The van der Waals surface area contributed by atoms with Crippen molar-refractivity contribution in [2.75, 3.05) is 19.1 Å². The lowest BCUT2D eigenvalue weighted by Gasteiger charge is -2.34. The molecule has 2 heterocycles. The summed E-state index contributed by atoms with van der Waals surface area (Å²) in [6.45, 7) is 3.66. The molecule has 0 radical (unpaired) electrons. The summed E-state index contributed by atoms with van der Waals surface area (Å²) in [6, 6.07) is 9.06. The second-order valence-electron chi connectivity index (χ2n) is 10.4. The van der Waals surface area contributed by atoms with Crippen LogP contribution in [0.2, 0.25) is 5.02 Å². The third-order valence-electron chi connectivity index (χ3n) is 8.17. The Labute approximate surface area is 227 Å². The first kappa shape index (κ1) is 26.5. The topological polar surface area (TPSA) is 93.9 Å². The molecule has 1 aliphatic carbocycles. The molecule has 0 bridgehead atoms. The van der Waals surface area contributed by atoms with E-state index in [1.807, 2.05) is 19.1 Å². The van der Waals surface area contributed by atoms with Crippen molar-refractivity contribution in [2.24, 2.45) is 5.92 Å². The zero-order valence-electron chi connectivity index (χ0n) is 22.2. The van der Waals surface area contributed by atoms with Gasteiger partial charge in [0.2, 0.25) is 0 Å². The van der Waals surface area contributed by atoms with Crippen molar-refractivity contribution in [2.45, 2.75) is 70.6 Å². The number of benzene rings is 2. The number of anilines is 1. The average molecular weight is 540 g/mol. The van der Waals surface area contributed by atoms with Crippen molar-refractivity contribution < 1.29 is 24.2 Å². The van der Waals surface area contributed by atoms with Gasteiger partial charge in [0.05, 0.1) is 30.9 Å². The molecule has 0 spiro atoms. The van der Waals surface area contributed by atoms with Crippen LogP contribution in [0.4, 0.5) is 10.5 Å². The number of carbonyl (C=O) groups is 2. The molecule has 9 heteroatoms. The van der Waals surface area contributed by atoms with E-state index in [-0.39, 0.29) is 23.8 Å². The second kappa shape index (κ2) is 10.6. The summed E-state index contributed by atoms with van der Waals surface area (Å²) < 4.78 is 12.7. The summed E-state index contributed by atoms with van der Waals surface area (Å²) in [6.07, 6.45) is 3.36. The summed E-state index contributed by atoms with van der Waals surface area (Å²) in [4.78, 5) is 31.7.